The van der Waals surface area contributed by atoms with Gasteiger partial charge in [0.2, 0.25) is 5.91 Å². The lowest BCUT2D eigenvalue weighted by Gasteiger charge is -2.31. The number of thiophene rings is 1. The molecular formula is C20H28N2O7S. The second kappa shape index (κ2) is 11.1. The van der Waals surface area contributed by atoms with Gasteiger partial charge in [-0.3, -0.25) is 9.59 Å². The molecule has 1 amide bonds. The van der Waals surface area contributed by atoms with E-state index in [1.807, 2.05) is 0 Å². The topological polar surface area (TPSA) is 111 Å². The molecule has 2 rings (SSSR count). The summed E-state index contributed by atoms with van der Waals surface area (Å²) in [6, 6.07) is 0. The largest absolute Gasteiger partial charge is 0.466 e. The van der Waals surface area contributed by atoms with Crippen molar-refractivity contribution < 1.29 is 33.4 Å². The summed E-state index contributed by atoms with van der Waals surface area (Å²) in [5, 5.41) is 2.97. The molecular weight excluding hydrogens is 412 g/mol. The van der Waals surface area contributed by atoms with Gasteiger partial charge < -0.3 is 24.4 Å². The van der Waals surface area contributed by atoms with Crippen molar-refractivity contribution in [2.75, 3.05) is 45.8 Å². The van der Waals surface area contributed by atoms with E-state index in [-0.39, 0.29) is 39.7 Å². The van der Waals surface area contributed by atoms with Gasteiger partial charge in [0.25, 0.3) is 0 Å². The molecule has 1 saturated heterocycles. The summed E-state index contributed by atoms with van der Waals surface area (Å²) < 4.78 is 14.6. The minimum absolute atomic E-state index is 0.150. The highest BCUT2D eigenvalue weighted by atomic mass is 32.1. The highest BCUT2D eigenvalue weighted by molar-refractivity contribution is 7.18. The summed E-state index contributed by atoms with van der Waals surface area (Å²) >= 11 is 0.980. The lowest BCUT2D eigenvalue weighted by molar-refractivity contribution is -0.149. The molecule has 10 heteroatoms. The number of methoxy groups -OCH3 is 2. The van der Waals surface area contributed by atoms with E-state index in [1.165, 1.54) is 14.2 Å². The quantitative estimate of drug-likeness (QED) is 0.484. The van der Waals surface area contributed by atoms with Crippen LogP contribution in [0.25, 0.3) is 0 Å². The second-order valence-corrected chi connectivity index (χ2v) is 7.95. The Hall–Kier alpha value is -2.46. The van der Waals surface area contributed by atoms with Gasteiger partial charge in [-0.25, -0.2) is 9.59 Å². The number of piperidine rings is 1. The number of likely N-dealkylation sites (tertiary alicyclic amines) is 1. The molecule has 1 aromatic heterocycles. The lowest BCUT2D eigenvalue weighted by atomic mass is 9.98. The lowest BCUT2D eigenvalue weighted by Crippen LogP contribution is -2.40. The van der Waals surface area contributed by atoms with Crippen molar-refractivity contribution in [2.24, 2.45) is 5.92 Å². The predicted molar refractivity (Wildman–Crippen MR) is 111 cm³/mol. The maximum atomic E-state index is 12.5. The van der Waals surface area contributed by atoms with Gasteiger partial charge in [0.05, 0.1) is 32.3 Å². The fraction of sp³-hybridized carbons (Fsp3) is 0.600. The summed E-state index contributed by atoms with van der Waals surface area (Å²) in [5.74, 6) is -1.88. The van der Waals surface area contributed by atoms with E-state index < -0.39 is 11.9 Å². The fourth-order valence-electron chi connectivity index (χ4n) is 3.40. The molecule has 0 radical (unpaired) electrons. The fourth-order valence-corrected chi connectivity index (χ4v) is 4.53. The molecule has 1 aliphatic rings. The predicted octanol–water partition coefficient (Wildman–Crippen LogP) is 2.23. The second-order valence-electron chi connectivity index (χ2n) is 6.93. The molecule has 1 aromatic rings. The molecule has 9 nitrogen and oxygen atoms in total. The Kier molecular flexibility index (Phi) is 8.79. The van der Waals surface area contributed by atoms with Crippen LogP contribution in [-0.2, 0) is 23.8 Å². The average Bonchev–Trinajstić information content (AvgIpc) is 3.07. The highest BCUT2D eigenvalue weighted by Gasteiger charge is 2.28. The Balaban J connectivity index is 2.01. The van der Waals surface area contributed by atoms with Crippen LogP contribution in [0.15, 0.2) is 0 Å². The minimum Gasteiger partial charge on any atom is -0.466 e. The van der Waals surface area contributed by atoms with Crippen molar-refractivity contribution in [1.82, 2.24) is 4.90 Å². The van der Waals surface area contributed by atoms with Gasteiger partial charge >= 0.3 is 17.9 Å². The van der Waals surface area contributed by atoms with E-state index in [0.717, 1.165) is 30.7 Å². The molecule has 1 atom stereocenters. The molecule has 0 aromatic carbocycles. The molecule has 0 bridgehead atoms. The van der Waals surface area contributed by atoms with E-state index >= 15 is 0 Å². The Morgan fingerprint density at radius 3 is 2.50 bits per heavy atom. The van der Waals surface area contributed by atoms with Gasteiger partial charge in [-0.05, 0) is 38.8 Å². The zero-order valence-corrected chi connectivity index (χ0v) is 18.6. The molecule has 2 heterocycles. The van der Waals surface area contributed by atoms with Crippen LogP contribution >= 0.6 is 11.3 Å². The van der Waals surface area contributed by atoms with Crippen LogP contribution in [0.5, 0.6) is 0 Å². The zero-order chi connectivity index (χ0) is 22.3. The van der Waals surface area contributed by atoms with Crippen molar-refractivity contribution >= 4 is 40.2 Å². The maximum absolute atomic E-state index is 12.5. The number of rotatable bonds is 8. The SMILES string of the molecule is CCOC(=O)C1CCCN(CCC(=O)Nc2sc(C(=O)OC)c(C)c2C(=O)OC)C1. The standard InChI is InChI=1S/C20H28N2O7S/c1-5-29-18(24)13-7-6-9-22(11-13)10-8-14(23)21-17-15(19(25)27-3)12(2)16(30-17)20(26)28-4/h13H,5-11H2,1-4H3,(H,21,23). The molecule has 1 N–H and O–H groups in total. The first-order valence-electron chi connectivity index (χ1n) is 9.81. The third-order valence-corrected chi connectivity index (χ3v) is 6.13. The number of hydrogen-bond donors (Lipinski definition) is 1. The van der Waals surface area contributed by atoms with Crippen molar-refractivity contribution in [1.29, 1.82) is 0 Å². The Labute approximate surface area is 179 Å². The molecule has 1 aliphatic heterocycles. The molecule has 1 unspecified atom stereocenters. The van der Waals surface area contributed by atoms with E-state index in [0.29, 0.717) is 25.3 Å². The summed E-state index contributed by atoms with van der Waals surface area (Å²) in [5.41, 5.74) is 0.555. The summed E-state index contributed by atoms with van der Waals surface area (Å²) in [4.78, 5) is 50.9. The first kappa shape index (κ1) is 23.8. The van der Waals surface area contributed by atoms with Gasteiger partial charge in [-0.15, -0.1) is 11.3 Å². The monoisotopic (exact) mass is 440 g/mol. The third kappa shape index (κ3) is 5.79. The first-order valence-corrected chi connectivity index (χ1v) is 10.6. The van der Waals surface area contributed by atoms with Crippen LogP contribution in [0.2, 0.25) is 0 Å². The molecule has 0 saturated carbocycles. The number of anilines is 1. The minimum atomic E-state index is -0.637. The van der Waals surface area contributed by atoms with E-state index in [2.05, 4.69) is 10.2 Å². The number of nitrogens with one attached hydrogen (secondary N) is 1. The van der Waals surface area contributed by atoms with Gasteiger partial charge in [0.15, 0.2) is 0 Å². The van der Waals surface area contributed by atoms with Gasteiger partial charge in [0, 0.05) is 19.5 Å². The van der Waals surface area contributed by atoms with Crippen LogP contribution in [0, 0.1) is 12.8 Å². The molecule has 0 spiro atoms. The number of hydrogen-bond acceptors (Lipinski definition) is 9. The van der Waals surface area contributed by atoms with Crippen LogP contribution in [0.4, 0.5) is 5.00 Å². The van der Waals surface area contributed by atoms with Crippen LogP contribution in [-0.4, -0.2) is 69.2 Å². The number of nitrogens with zero attached hydrogens (tertiary/aromatic N) is 1. The number of carbonyl (C=O) groups excluding carboxylic acids is 4. The Bertz CT molecular complexity index is 805. The normalized spacial score (nSPS) is 16.6. The molecule has 166 valence electrons. The van der Waals surface area contributed by atoms with Crippen molar-refractivity contribution in [3.63, 3.8) is 0 Å². The van der Waals surface area contributed by atoms with E-state index in [1.54, 1.807) is 13.8 Å². The smallest absolute Gasteiger partial charge is 0.348 e. The van der Waals surface area contributed by atoms with Crippen LogP contribution < -0.4 is 5.32 Å². The summed E-state index contributed by atoms with van der Waals surface area (Å²) in [6.45, 7) is 5.58. The molecule has 0 aliphatic carbocycles. The Morgan fingerprint density at radius 1 is 1.17 bits per heavy atom. The van der Waals surface area contributed by atoms with E-state index in [4.69, 9.17) is 14.2 Å². The third-order valence-electron chi connectivity index (χ3n) is 4.94. The molecule has 1 fully saturated rings. The van der Waals surface area contributed by atoms with Crippen molar-refractivity contribution in [3.8, 4) is 0 Å². The Morgan fingerprint density at radius 2 is 1.87 bits per heavy atom. The maximum Gasteiger partial charge on any atom is 0.348 e. The number of ether oxygens (including phenoxy) is 3. The van der Waals surface area contributed by atoms with Gasteiger partial charge in [0.1, 0.15) is 9.88 Å². The average molecular weight is 441 g/mol. The van der Waals surface area contributed by atoms with Crippen molar-refractivity contribution in [3.05, 3.63) is 16.0 Å². The summed E-state index contributed by atoms with van der Waals surface area (Å²) in [7, 11) is 2.49. The number of amides is 1. The van der Waals surface area contributed by atoms with Crippen LogP contribution in [0.3, 0.4) is 0 Å². The summed E-state index contributed by atoms with van der Waals surface area (Å²) in [6.07, 6.45) is 1.83. The van der Waals surface area contributed by atoms with Crippen molar-refractivity contribution in [2.45, 2.75) is 33.1 Å². The number of carbonyl (C=O) groups is 4. The highest BCUT2D eigenvalue weighted by Crippen LogP contribution is 2.34. The van der Waals surface area contributed by atoms with E-state index in [9.17, 15) is 19.2 Å². The first-order chi connectivity index (χ1) is 14.3. The molecule has 30 heavy (non-hydrogen) atoms. The van der Waals surface area contributed by atoms with Gasteiger partial charge in [-0.2, -0.15) is 0 Å². The zero-order valence-electron chi connectivity index (χ0n) is 17.7. The number of esters is 3. The van der Waals surface area contributed by atoms with Crippen LogP contribution in [0.1, 0.15) is 51.8 Å². The van der Waals surface area contributed by atoms with Gasteiger partial charge in [-0.1, -0.05) is 0 Å².